The van der Waals surface area contributed by atoms with E-state index in [1.165, 1.54) is 16.1 Å². The van der Waals surface area contributed by atoms with E-state index >= 15 is 0 Å². The average Bonchev–Trinajstić information content (AvgIpc) is 3.15. The molecule has 1 N–H and O–H groups in total. The molecule has 38 heavy (non-hydrogen) atoms. The van der Waals surface area contributed by atoms with Crippen LogP contribution in [0, 0.1) is 5.41 Å². The van der Waals surface area contributed by atoms with E-state index in [1.54, 1.807) is 7.05 Å². The first-order chi connectivity index (χ1) is 18.2. The van der Waals surface area contributed by atoms with E-state index in [-0.39, 0.29) is 23.3 Å². The van der Waals surface area contributed by atoms with Gasteiger partial charge in [0.15, 0.2) is 0 Å². The van der Waals surface area contributed by atoms with Gasteiger partial charge in [0.25, 0.3) is 0 Å². The quantitative estimate of drug-likeness (QED) is 0.620. The summed E-state index contributed by atoms with van der Waals surface area (Å²) in [5.41, 5.74) is 0.842. The molecular weight excluding hydrogens is 504 g/mol. The number of hydrogen-bond acceptors (Lipinski definition) is 6. The average molecular weight is 549 g/mol. The number of hydrogen-bond donors (Lipinski definition) is 1. The summed E-state index contributed by atoms with van der Waals surface area (Å²) in [6, 6.07) is 8.10. The fraction of sp³-hybridized carbons (Fsp3) is 0.714. The lowest BCUT2D eigenvalue weighted by molar-refractivity contribution is -0.136. The van der Waals surface area contributed by atoms with Crippen molar-refractivity contribution in [1.82, 2.24) is 19.4 Å². The topological polar surface area (TPSA) is 99.3 Å². The predicted molar refractivity (Wildman–Crippen MR) is 147 cm³/mol. The third-order valence-electron chi connectivity index (χ3n) is 8.71. The Labute approximate surface area is 227 Å². The number of para-hydroxylation sites is 1. The fourth-order valence-electron chi connectivity index (χ4n) is 6.13. The molecule has 1 aromatic carbocycles. The first-order valence-corrected chi connectivity index (χ1v) is 15.9. The summed E-state index contributed by atoms with van der Waals surface area (Å²) in [5.74, 6) is 1.13. The van der Waals surface area contributed by atoms with Gasteiger partial charge in [0.2, 0.25) is 21.8 Å². The third-order valence-corrected chi connectivity index (χ3v) is 10.1. The van der Waals surface area contributed by atoms with Gasteiger partial charge >= 0.3 is 0 Å². The van der Waals surface area contributed by atoms with E-state index in [4.69, 9.17) is 4.74 Å². The Hall–Kier alpha value is -2.17. The van der Waals surface area contributed by atoms with Crippen LogP contribution in [0.2, 0.25) is 0 Å². The molecule has 4 rings (SSSR count). The molecule has 0 radical (unpaired) electrons. The monoisotopic (exact) mass is 548 g/mol. The molecular formula is C28H44N4O5S. The van der Waals surface area contributed by atoms with Gasteiger partial charge in [-0.3, -0.25) is 14.5 Å². The molecule has 1 spiro atoms. The summed E-state index contributed by atoms with van der Waals surface area (Å²) in [7, 11) is -1.61. The number of rotatable bonds is 4. The lowest BCUT2D eigenvalue weighted by Crippen LogP contribution is -2.51. The van der Waals surface area contributed by atoms with Crippen LogP contribution < -0.4 is 10.1 Å². The fourth-order valence-corrected chi connectivity index (χ4v) is 6.88. The minimum absolute atomic E-state index is 0.0591. The normalized spacial score (nSPS) is 23.9. The second-order valence-corrected chi connectivity index (χ2v) is 13.3. The van der Waals surface area contributed by atoms with E-state index in [1.807, 2.05) is 23.1 Å². The molecule has 2 amide bonds. The maximum atomic E-state index is 13.3. The minimum atomic E-state index is -3.24. The minimum Gasteiger partial charge on any atom is -0.491 e. The van der Waals surface area contributed by atoms with E-state index in [0.29, 0.717) is 39.2 Å². The van der Waals surface area contributed by atoms with Crippen LogP contribution in [0.5, 0.6) is 5.75 Å². The van der Waals surface area contributed by atoms with Gasteiger partial charge < -0.3 is 15.0 Å². The van der Waals surface area contributed by atoms with Gasteiger partial charge in [0, 0.05) is 26.2 Å². The first kappa shape index (κ1) is 28.8. The Bertz CT molecular complexity index is 1070. The number of benzene rings is 1. The Morgan fingerprint density at radius 2 is 1.84 bits per heavy atom. The number of likely N-dealkylation sites (tertiary alicyclic amines) is 2. The second kappa shape index (κ2) is 12.8. The van der Waals surface area contributed by atoms with Crippen LogP contribution in [0.25, 0.3) is 0 Å². The predicted octanol–water partition coefficient (Wildman–Crippen LogP) is 2.26. The number of carbonyl (C=O) groups is 2. The molecule has 1 aromatic rings. The number of sulfonamides is 1. The highest BCUT2D eigenvalue weighted by Gasteiger charge is 2.41. The number of aryl methyl sites for hydroxylation is 1. The summed E-state index contributed by atoms with van der Waals surface area (Å²) in [6.07, 6.45) is 8.79. The zero-order chi connectivity index (χ0) is 27.2. The van der Waals surface area contributed by atoms with E-state index in [2.05, 4.69) is 16.3 Å². The lowest BCUT2D eigenvalue weighted by Gasteiger charge is -2.41. The summed E-state index contributed by atoms with van der Waals surface area (Å²) >= 11 is 0. The number of amides is 2. The van der Waals surface area contributed by atoms with Gasteiger partial charge in [-0.05, 0) is 76.1 Å². The molecule has 3 aliphatic heterocycles. The molecule has 1 unspecified atom stereocenters. The van der Waals surface area contributed by atoms with Crippen LogP contribution in [0.4, 0.5) is 0 Å². The van der Waals surface area contributed by atoms with Gasteiger partial charge in [0.05, 0.1) is 24.8 Å². The van der Waals surface area contributed by atoms with Crippen molar-refractivity contribution < 1.29 is 22.7 Å². The van der Waals surface area contributed by atoms with Gasteiger partial charge in [-0.25, -0.2) is 12.7 Å². The van der Waals surface area contributed by atoms with Crippen molar-refractivity contribution in [2.24, 2.45) is 5.41 Å². The number of ether oxygens (including phenoxy) is 1. The van der Waals surface area contributed by atoms with Crippen LogP contribution in [-0.2, 0) is 26.0 Å². The van der Waals surface area contributed by atoms with Gasteiger partial charge in [0.1, 0.15) is 12.4 Å². The molecule has 3 heterocycles. The number of fused-ring (bicyclic) bond motifs is 1. The molecule has 0 aliphatic carbocycles. The van der Waals surface area contributed by atoms with Crippen LogP contribution >= 0.6 is 0 Å². The highest BCUT2D eigenvalue weighted by Crippen LogP contribution is 2.37. The smallest absolute Gasteiger partial charge is 0.236 e. The molecule has 10 heteroatoms. The van der Waals surface area contributed by atoms with Crippen molar-refractivity contribution in [3.05, 3.63) is 29.8 Å². The Morgan fingerprint density at radius 1 is 1.08 bits per heavy atom. The van der Waals surface area contributed by atoms with Crippen molar-refractivity contribution in [2.45, 2.75) is 63.8 Å². The summed E-state index contributed by atoms with van der Waals surface area (Å²) in [6.45, 7) is 4.00. The number of carbonyl (C=O) groups excluding carboxylic acids is 2. The molecule has 3 aliphatic rings. The molecule has 0 saturated carbocycles. The van der Waals surface area contributed by atoms with Crippen molar-refractivity contribution in [1.29, 1.82) is 0 Å². The molecule has 0 aromatic heterocycles. The number of nitrogens with zero attached hydrogens (tertiary/aromatic N) is 3. The maximum Gasteiger partial charge on any atom is 0.236 e. The van der Waals surface area contributed by atoms with E-state index in [9.17, 15) is 18.0 Å². The second-order valence-electron chi connectivity index (χ2n) is 11.2. The van der Waals surface area contributed by atoms with Crippen molar-refractivity contribution in [2.75, 3.05) is 59.2 Å². The Kier molecular flexibility index (Phi) is 9.70. The molecule has 1 atom stereocenters. The van der Waals surface area contributed by atoms with E-state index in [0.717, 1.165) is 70.2 Å². The molecule has 2 fully saturated rings. The Balaban J connectivity index is 1.29. The summed E-state index contributed by atoms with van der Waals surface area (Å²) in [5, 5.41) is 3.13. The van der Waals surface area contributed by atoms with Crippen LogP contribution in [0.3, 0.4) is 0 Å². The van der Waals surface area contributed by atoms with Gasteiger partial charge in [-0.2, -0.15) is 0 Å². The molecule has 9 nitrogen and oxygen atoms in total. The molecule has 0 bridgehead atoms. The third kappa shape index (κ3) is 7.27. The van der Waals surface area contributed by atoms with E-state index < -0.39 is 10.0 Å². The standard InChI is InChI=1S/C28H44N4O5S/c1-30(38(2,35)36)24-10-7-17-32(18-12-24)26(33)22-31-19-14-28(15-20-31)13-6-5-9-23-8-3-4-11-25(23)37-21-16-29-27(28)34/h3-4,8,11,24H,5-7,9-10,12-22H2,1-2H3,(H,29,34). The Morgan fingerprint density at radius 3 is 2.61 bits per heavy atom. The number of nitrogens with one attached hydrogen (secondary N) is 1. The molecule has 2 saturated heterocycles. The summed E-state index contributed by atoms with van der Waals surface area (Å²) < 4.78 is 31.3. The first-order valence-electron chi connectivity index (χ1n) is 14.1. The summed E-state index contributed by atoms with van der Waals surface area (Å²) in [4.78, 5) is 30.5. The van der Waals surface area contributed by atoms with Crippen LogP contribution in [0.15, 0.2) is 24.3 Å². The highest BCUT2D eigenvalue weighted by molar-refractivity contribution is 7.88. The van der Waals surface area contributed by atoms with Crippen molar-refractivity contribution in [3.8, 4) is 5.75 Å². The van der Waals surface area contributed by atoms with Gasteiger partial charge in [-0.1, -0.05) is 24.6 Å². The van der Waals surface area contributed by atoms with Crippen LogP contribution in [-0.4, -0.2) is 99.6 Å². The number of piperidine rings is 1. The SMILES string of the molecule is CN(C1CCCN(C(=O)CN2CCC3(CCCCc4ccccc4OCCNC3=O)CC2)CC1)S(C)(=O)=O. The van der Waals surface area contributed by atoms with Gasteiger partial charge in [-0.15, -0.1) is 0 Å². The zero-order valence-electron chi connectivity index (χ0n) is 23.0. The van der Waals surface area contributed by atoms with Crippen LogP contribution in [0.1, 0.15) is 56.9 Å². The zero-order valence-corrected chi connectivity index (χ0v) is 23.8. The lowest BCUT2D eigenvalue weighted by atomic mass is 9.73. The maximum absolute atomic E-state index is 13.3. The van der Waals surface area contributed by atoms with Crippen molar-refractivity contribution in [3.63, 3.8) is 0 Å². The highest BCUT2D eigenvalue weighted by atomic mass is 32.2. The molecule has 212 valence electrons. The van der Waals surface area contributed by atoms with Crippen molar-refractivity contribution >= 4 is 21.8 Å². The largest absolute Gasteiger partial charge is 0.491 e.